The van der Waals surface area contributed by atoms with Gasteiger partial charge in [0.15, 0.2) is 0 Å². The van der Waals surface area contributed by atoms with Gasteiger partial charge in [-0.25, -0.2) is 0 Å². The number of nitrogens with zero attached hydrogens (tertiary/aromatic N) is 1. The minimum Gasteiger partial charge on any atom is -0.399 e. The Bertz CT molecular complexity index is 358. The highest BCUT2D eigenvalue weighted by molar-refractivity contribution is 5.40. The van der Waals surface area contributed by atoms with Crippen LogP contribution in [-0.2, 0) is 11.3 Å². The van der Waals surface area contributed by atoms with Crippen molar-refractivity contribution in [2.75, 3.05) is 25.4 Å². The Morgan fingerprint density at radius 3 is 2.56 bits per heavy atom. The van der Waals surface area contributed by atoms with Gasteiger partial charge < -0.3 is 10.5 Å². The largest absolute Gasteiger partial charge is 0.399 e. The quantitative estimate of drug-likeness (QED) is 0.789. The van der Waals surface area contributed by atoms with Crippen molar-refractivity contribution in [2.45, 2.75) is 39.8 Å². The number of likely N-dealkylation sites (N-methyl/N-ethyl adjacent to an activating group) is 1. The van der Waals surface area contributed by atoms with E-state index in [0.29, 0.717) is 0 Å². The molecule has 1 aromatic carbocycles. The van der Waals surface area contributed by atoms with Crippen LogP contribution in [0.5, 0.6) is 0 Å². The number of nitrogen functional groups attached to an aromatic ring is 1. The predicted molar refractivity (Wildman–Crippen MR) is 77.5 cm³/mol. The molecule has 1 rings (SSSR count). The third-order valence-electron chi connectivity index (χ3n) is 2.75. The zero-order chi connectivity index (χ0) is 13.6. The van der Waals surface area contributed by atoms with E-state index in [2.05, 4.69) is 38.7 Å². The molecule has 0 spiro atoms. The lowest BCUT2D eigenvalue weighted by Crippen LogP contribution is -2.30. The fourth-order valence-electron chi connectivity index (χ4n) is 1.78. The summed E-state index contributed by atoms with van der Waals surface area (Å²) in [7, 11) is 0. The molecule has 1 aromatic rings. The summed E-state index contributed by atoms with van der Waals surface area (Å²) in [6.07, 6.45) is 0. The lowest BCUT2D eigenvalue weighted by molar-refractivity contribution is -0.0134. The molecule has 3 heteroatoms. The summed E-state index contributed by atoms with van der Waals surface area (Å²) in [5.41, 5.74) is 7.82. The van der Waals surface area contributed by atoms with Crippen LogP contribution in [0.3, 0.4) is 0 Å². The first-order chi connectivity index (χ1) is 8.40. The molecule has 0 aliphatic carbocycles. The van der Waals surface area contributed by atoms with Gasteiger partial charge in [-0.1, -0.05) is 19.1 Å². The maximum Gasteiger partial charge on any atom is 0.0600 e. The maximum absolute atomic E-state index is 5.79. The number of anilines is 1. The predicted octanol–water partition coefficient (Wildman–Crippen LogP) is 2.91. The molecule has 0 unspecified atom stereocenters. The number of rotatable bonds is 6. The van der Waals surface area contributed by atoms with Gasteiger partial charge in [-0.3, -0.25) is 4.90 Å². The summed E-state index contributed by atoms with van der Waals surface area (Å²) in [5, 5.41) is 0. The lowest BCUT2D eigenvalue weighted by Gasteiger charge is -2.24. The lowest BCUT2D eigenvalue weighted by atomic mass is 10.2. The van der Waals surface area contributed by atoms with Crippen molar-refractivity contribution in [3.8, 4) is 0 Å². The molecule has 0 saturated heterocycles. The van der Waals surface area contributed by atoms with E-state index in [0.717, 1.165) is 31.9 Å². The van der Waals surface area contributed by atoms with E-state index in [4.69, 9.17) is 10.5 Å². The van der Waals surface area contributed by atoms with E-state index >= 15 is 0 Å². The van der Waals surface area contributed by atoms with Crippen LogP contribution in [0.1, 0.15) is 33.3 Å². The highest BCUT2D eigenvalue weighted by atomic mass is 16.5. The van der Waals surface area contributed by atoms with Crippen molar-refractivity contribution < 1.29 is 4.74 Å². The minimum absolute atomic E-state index is 0.0589. The fourth-order valence-corrected chi connectivity index (χ4v) is 1.78. The van der Waals surface area contributed by atoms with Gasteiger partial charge in [-0.15, -0.1) is 0 Å². The molecular formula is C15H26N2O. The average Bonchev–Trinajstić information content (AvgIpc) is 2.26. The number of nitrogens with two attached hydrogens (primary N) is 1. The van der Waals surface area contributed by atoms with Crippen LogP contribution >= 0.6 is 0 Å². The van der Waals surface area contributed by atoms with E-state index < -0.39 is 0 Å². The molecule has 102 valence electrons. The Morgan fingerprint density at radius 2 is 2.00 bits per heavy atom. The van der Waals surface area contributed by atoms with E-state index in [-0.39, 0.29) is 5.60 Å². The Labute approximate surface area is 111 Å². The van der Waals surface area contributed by atoms with Gasteiger partial charge in [0.1, 0.15) is 0 Å². The smallest absolute Gasteiger partial charge is 0.0600 e. The van der Waals surface area contributed by atoms with Crippen LogP contribution in [0.2, 0.25) is 0 Å². The third kappa shape index (κ3) is 6.03. The molecule has 0 fully saturated rings. The Morgan fingerprint density at radius 1 is 1.28 bits per heavy atom. The highest BCUT2D eigenvalue weighted by Crippen LogP contribution is 2.10. The van der Waals surface area contributed by atoms with Crippen molar-refractivity contribution in [3.05, 3.63) is 29.8 Å². The van der Waals surface area contributed by atoms with Crippen molar-refractivity contribution in [3.63, 3.8) is 0 Å². The van der Waals surface area contributed by atoms with Crippen LogP contribution in [-0.4, -0.2) is 30.2 Å². The highest BCUT2D eigenvalue weighted by Gasteiger charge is 2.11. The fraction of sp³-hybridized carbons (Fsp3) is 0.600. The van der Waals surface area contributed by atoms with E-state index in [1.165, 1.54) is 5.56 Å². The zero-order valence-corrected chi connectivity index (χ0v) is 12.1. The first-order valence-electron chi connectivity index (χ1n) is 6.61. The molecular weight excluding hydrogens is 224 g/mol. The first-order valence-corrected chi connectivity index (χ1v) is 6.61. The second kappa shape index (κ2) is 6.76. The molecule has 0 aliphatic heterocycles. The van der Waals surface area contributed by atoms with Gasteiger partial charge in [-0.2, -0.15) is 0 Å². The van der Waals surface area contributed by atoms with E-state index in [1.807, 2.05) is 18.2 Å². The molecule has 0 radical (unpaired) electrons. The van der Waals surface area contributed by atoms with E-state index in [9.17, 15) is 0 Å². The van der Waals surface area contributed by atoms with Gasteiger partial charge in [0.05, 0.1) is 12.2 Å². The van der Waals surface area contributed by atoms with Gasteiger partial charge >= 0.3 is 0 Å². The summed E-state index contributed by atoms with van der Waals surface area (Å²) in [5.74, 6) is 0. The number of benzene rings is 1. The van der Waals surface area contributed by atoms with Gasteiger partial charge in [0, 0.05) is 18.8 Å². The molecule has 0 atom stereocenters. The summed E-state index contributed by atoms with van der Waals surface area (Å²) in [4.78, 5) is 2.36. The molecule has 0 saturated carbocycles. The second-order valence-electron chi connectivity index (χ2n) is 5.57. The monoisotopic (exact) mass is 250 g/mol. The minimum atomic E-state index is -0.0589. The number of hydrogen-bond donors (Lipinski definition) is 1. The molecule has 3 nitrogen and oxygen atoms in total. The topological polar surface area (TPSA) is 38.5 Å². The second-order valence-corrected chi connectivity index (χ2v) is 5.57. The van der Waals surface area contributed by atoms with Gasteiger partial charge in [0.25, 0.3) is 0 Å². The number of ether oxygens (including phenoxy) is 1. The van der Waals surface area contributed by atoms with Gasteiger partial charge in [-0.05, 0) is 45.0 Å². The van der Waals surface area contributed by atoms with Crippen LogP contribution in [0.25, 0.3) is 0 Å². The van der Waals surface area contributed by atoms with Crippen LogP contribution in [0.15, 0.2) is 24.3 Å². The van der Waals surface area contributed by atoms with Crippen molar-refractivity contribution in [1.29, 1.82) is 0 Å². The van der Waals surface area contributed by atoms with Crippen molar-refractivity contribution in [2.24, 2.45) is 0 Å². The third-order valence-corrected chi connectivity index (χ3v) is 2.75. The number of hydrogen-bond acceptors (Lipinski definition) is 3. The molecule has 0 heterocycles. The average molecular weight is 250 g/mol. The first kappa shape index (κ1) is 15.0. The van der Waals surface area contributed by atoms with Crippen molar-refractivity contribution in [1.82, 2.24) is 4.90 Å². The normalized spacial score (nSPS) is 12.1. The summed E-state index contributed by atoms with van der Waals surface area (Å²) >= 11 is 0. The molecule has 0 amide bonds. The Balaban J connectivity index is 2.42. The van der Waals surface area contributed by atoms with Gasteiger partial charge in [0.2, 0.25) is 0 Å². The van der Waals surface area contributed by atoms with Crippen LogP contribution < -0.4 is 5.73 Å². The van der Waals surface area contributed by atoms with Crippen LogP contribution in [0, 0.1) is 0 Å². The summed E-state index contributed by atoms with van der Waals surface area (Å²) in [6.45, 7) is 12.1. The SMILES string of the molecule is CCN(CCOC(C)(C)C)Cc1cccc(N)c1. The summed E-state index contributed by atoms with van der Waals surface area (Å²) < 4.78 is 5.76. The standard InChI is InChI=1S/C15H26N2O/c1-5-17(9-10-18-15(2,3)4)12-13-7-6-8-14(16)11-13/h6-8,11H,5,9-10,12,16H2,1-4H3. The van der Waals surface area contributed by atoms with Crippen LogP contribution in [0.4, 0.5) is 5.69 Å². The Hall–Kier alpha value is -1.06. The Kier molecular flexibility index (Phi) is 5.63. The van der Waals surface area contributed by atoms with Crippen molar-refractivity contribution >= 4 is 5.69 Å². The zero-order valence-electron chi connectivity index (χ0n) is 12.1. The van der Waals surface area contributed by atoms with E-state index in [1.54, 1.807) is 0 Å². The summed E-state index contributed by atoms with van der Waals surface area (Å²) in [6, 6.07) is 8.07. The molecule has 0 bridgehead atoms. The molecule has 0 aliphatic rings. The molecule has 0 aromatic heterocycles. The molecule has 2 N–H and O–H groups in total. The molecule has 18 heavy (non-hydrogen) atoms. The maximum atomic E-state index is 5.79.